The first-order valence-electron chi connectivity index (χ1n) is 13.4. The molecule has 1 atom stereocenters. The quantitative estimate of drug-likeness (QED) is 0.202. The van der Waals surface area contributed by atoms with Gasteiger partial charge in [-0.3, -0.25) is 0 Å². The minimum Gasteiger partial charge on any atom is -0.478 e. The van der Waals surface area contributed by atoms with Crippen LogP contribution in [0.15, 0.2) is 102 Å². The average molecular weight is 573 g/mol. The van der Waals surface area contributed by atoms with Gasteiger partial charge in [-0.05, 0) is 77.6 Å². The largest absolute Gasteiger partial charge is 0.478 e. The first-order chi connectivity index (χ1) is 19.4. The Balaban J connectivity index is 1.34. The van der Waals surface area contributed by atoms with E-state index in [9.17, 15) is 18.3 Å². The zero-order chi connectivity index (χ0) is 29.6. The number of hydrogen-bond acceptors (Lipinski definition) is 5. The van der Waals surface area contributed by atoms with Gasteiger partial charge in [-0.1, -0.05) is 72.8 Å². The highest BCUT2D eigenvalue weighted by Crippen LogP contribution is 2.24. The second-order valence-electron chi connectivity index (χ2n) is 10.9. The fraction of sp³-hybridized carbons (Fsp3) is 0.242. The number of aliphatic hydroxyl groups is 1. The number of aliphatic hydroxyl groups excluding tert-OH is 1. The molecule has 8 heteroatoms. The van der Waals surface area contributed by atoms with E-state index in [1.165, 1.54) is 45.9 Å². The number of fused-ring (bicyclic) bond motifs is 1. The number of rotatable bonds is 12. The first-order valence-corrected chi connectivity index (χ1v) is 14.9. The molecule has 3 N–H and O–H groups in total. The van der Waals surface area contributed by atoms with Crippen LogP contribution in [-0.4, -0.2) is 60.7 Å². The molecule has 4 aromatic carbocycles. The molecule has 41 heavy (non-hydrogen) atoms. The van der Waals surface area contributed by atoms with Crippen molar-refractivity contribution in [3.63, 3.8) is 0 Å². The zero-order valence-corrected chi connectivity index (χ0v) is 24.3. The van der Waals surface area contributed by atoms with Crippen molar-refractivity contribution >= 4 is 32.8 Å². The Morgan fingerprint density at radius 1 is 0.927 bits per heavy atom. The Morgan fingerprint density at radius 3 is 2.34 bits per heavy atom. The predicted octanol–water partition coefficient (Wildman–Crippen LogP) is 5.20. The third-order valence-electron chi connectivity index (χ3n) is 6.94. The highest BCUT2D eigenvalue weighted by atomic mass is 32.2. The second-order valence-corrected chi connectivity index (χ2v) is 12.9. The number of benzene rings is 4. The van der Waals surface area contributed by atoms with Crippen LogP contribution in [0.2, 0.25) is 0 Å². The van der Waals surface area contributed by atoms with Crippen molar-refractivity contribution in [1.82, 2.24) is 9.62 Å². The molecule has 0 unspecified atom stereocenters. The van der Waals surface area contributed by atoms with Crippen molar-refractivity contribution in [3.05, 3.63) is 108 Å². The fourth-order valence-electron chi connectivity index (χ4n) is 4.76. The van der Waals surface area contributed by atoms with E-state index in [4.69, 9.17) is 5.11 Å². The summed E-state index contributed by atoms with van der Waals surface area (Å²) < 4.78 is 27.6. The molecule has 0 saturated carbocycles. The Labute approximate surface area is 241 Å². The number of likely N-dealkylation sites (N-methyl/N-ethyl adjacent to an activating group) is 1. The summed E-state index contributed by atoms with van der Waals surface area (Å²) in [5, 5.41) is 25.3. The molecule has 4 aromatic rings. The molecule has 0 aromatic heterocycles. The maximum absolute atomic E-state index is 13.2. The van der Waals surface area contributed by atoms with Crippen LogP contribution >= 0.6 is 0 Å². The van der Waals surface area contributed by atoms with Crippen LogP contribution in [-0.2, 0) is 21.2 Å². The van der Waals surface area contributed by atoms with E-state index in [-0.39, 0.29) is 23.5 Å². The number of aliphatic carboxylic acids is 1. The number of nitrogens with one attached hydrogen (secondary N) is 1. The van der Waals surface area contributed by atoms with Crippen molar-refractivity contribution in [2.75, 3.05) is 20.1 Å². The molecule has 0 radical (unpaired) electrons. The van der Waals surface area contributed by atoms with Gasteiger partial charge in [0.15, 0.2) is 0 Å². The van der Waals surface area contributed by atoms with Gasteiger partial charge in [0.05, 0.1) is 11.0 Å². The smallest absolute Gasteiger partial charge is 0.328 e. The minimum absolute atomic E-state index is 0.0545. The summed E-state index contributed by atoms with van der Waals surface area (Å²) in [4.78, 5) is 10.9. The lowest BCUT2D eigenvalue weighted by molar-refractivity contribution is -0.131. The monoisotopic (exact) mass is 572 g/mol. The van der Waals surface area contributed by atoms with Gasteiger partial charge in [-0.25, -0.2) is 13.2 Å². The molecule has 0 aliphatic rings. The molecule has 0 bridgehead atoms. The number of carboxylic acids is 1. The summed E-state index contributed by atoms with van der Waals surface area (Å²) in [6, 6.07) is 28.4. The molecule has 0 saturated heterocycles. The zero-order valence-electron chi connectivity index (χ0n) is 23.5. The van der Waals surface area contributed by atoms with Gasteiger partial charge < -0.3 is 15.5 Å². The Morgan fingerprint density at radius 2 is 1.63 bits per heavy atom. The third kappa shape index (κ3) is 8.11. The average Bonchev–Trinajstić information content (AvgIpc) is 2.95. The van der Waals surface area contributed by atoms with E-state index < -0.39 is 22.1 Å². The third-order valence-corrected chi connectivity index (χ3v) is 8.78. The number of carboxylic acid groups (broad SMARTS) is 1. The molecular weight excluding hydrogens is 536 g/mol. The van der Waals surface area contributed by atoms with Crippen LogP contribution in [0.3, 0.4) is 0 Å². The second kappa shape index (κ2) is 12.8. The molecular formula is C33H36N2O5S. The van der Waals surface area contributed by atoms with Gasteiger partial charge in [0, 0.05) is 31.8 Å². The number of β-amino-alcohol motifs (C(OH)–C–C–N with tert-alkyl or cyclic N) is 1. The lowest BCUT2D eigenvalue weighted by Crippen LogP contribution is -2.47. The summed E-state index contributed by atoms with van der Waals surface area (Å²) in [7, 11) is -2.35. The van der Waals surface area contributed by atoms with Gasteiger partial charge in [-0.15, -0.1) is 0 Å². The summed E-state index contributed by atoms with van der Waals surface area (Å²) in [6.45, 7) is 4.32. The Hall–Kier alpha value is -3.82. The van der Waals surface area contributed by atoms with E-state index in [0.29, 0.717) is 0 Å². The maximum Gasteiger partial charge on any atom is 0.328 e. The van der Waals surface area contributed by atoms with Gasteiger partial charge in [0.1, 0.15) is 0 Å². The van der Waals surface area contributed by atoms with Crippen molar-refractivity contribution in [2.45, 2.75) is 36.8 Å². The summed E-state index contributed by atoms with van der Waals surface area (Å²) in [5.74, 6) is -1.03. The van der Waals surface area contributed by atoms with Crippen LogP contribution in [0.1, 0.15) is 25.0 Å². The highest BCUT2D eigenvalue weighted by Gasteiger charge is 2.25. The van der Waals surface area contributed by atoms with Crippen LogP contribution in [0.25, 0.3) is 28.0 Å². The number of nitrogens with zero attached hydrogens (tertiary/aromatic N) is 1. The van der Waals surface area contributed by atoms with Gasteiger partial charge in [0.25, 0.3) is 0 Å². The van der Waals surface area contributed by atoms with E-state index in [1.54, 1.807) is 18.2 Å². The Bertz CT molecular complexity index is 1650. The highest BCUT2D eigenvalue weighted by molar-refractivity contribution is 7.89. The number of carbonyl (C=O) groups is 1. The standard InChI is InChI=1S/C33H36N2O5S/c1-33(2,21-25-11-13-26-8-4-5-9-28(26)20-25)34-22-30(36)23-35(3)41(39,40)31-16-14-27(15-17-31)29-10-6-7-24(19-29)12-18-32(37)38/h4-20,30,34,36H,21-23H2,1-3H3,(H,37,38)/t30-/m1/s1. The topological polar surface area (TPSA) is 107 Å². The van der Waals surface area contributed by atoms with E-state index in [1.807, 2.05) is 30.3 Å². The number of sulfonamides is 1. The molecule has 7 nitrogen and oxygen atoms in total. The number of hydrogen-bond donors (Lipinski definition) is 3. The first kappa shape index (κ1) is 30.1. The molecule has 0 aliphatic carbocycles. The van der Waals surface area contributed by atoms with E-state index >= 15 is 0 Å². The van der Waals surface area contributed by atoms with Gasteiger partial charge >= 0.3 is 5.97 Å². The van der Waals surface area contributed by atoms with Crippen molar-refractivity contribution < 1.29 is 23.4 Å². The molecule has 214 valence electrons. The molecule has 0 aliphatic heterocycles. The lowest BCUT2D eigenvalue weighted by Gasteiger charge is -2.29. The van der Waals surface area contributed by atoms with Crippen molar-refractivity contribution in [3.8, 4) is 11.1 Å². The maximum atomic E-state index is 13.2. The molecule has 0 spiro atoms. The van der Waals surface area contributed by atoms with Crippen LogP contribution in [0.5, 0.6) is 0 Å². The molecule has 4 rings (SSSR count). The SMILES string of the molecule is CN(C[C@H](O)CNC(C)(C)Cc1ccc2ccccc2c1)S(=O)(=O)c1ccc(-c2cccc(C=CC(=O)O)c2)cc1. The summed E-state index contributed by atoms with van der Waals surface area (Å²) in [6.07, 6.45) is 2.43. The van der Waals surface area contributed by atoms with Crippen molar-refractivity contribution in [1.29, 1.82) is 0 Å². The summed E-state index contributed by atoms with van der Waals surface area (Å²) >= 11 is 0. The molecule has 0 heterocycles. The van der Waals surface area contributed by atoms with Crippen LogP contribution < -0.4 is 5.32 Å². The van der Waals surface area contributed by atoms with Crippen LogP contribution in [0, 0.1) is 0 Å². The van der Waals surface area contributed by atoms with Gasteiger partial charge in [-0.2, -0.15) is 4.31 Å². The van der Waals surface area contributed by atoms with E-state index in [2.05, 4.69) is 49.5 Å². The van der Waals surface area contributed by atoms with E-state index in [0.717, 1.165) is 29.2 Å². The van der Waals surface area contributed by atoms with Gasteiger partial charge in [0.2, 0.25) is 10.0 Å². The molecule has 0 fully saturated rings. The summed E-state index contributed by atoms with van der Waals surface area (Å²) in [5.41, 5.74) is 3.24. The predicted molar refractivity (Wildman–Crippen MR) is 164 cm³/mol. The Kier molecular flexibility index (Phi) is 9.40. The minimum atomic E-state index is -3.81. The normalized spacial score (nSPS) is 13.2. The van der Waals surface area contributed by atoms with Crippen molar-refractivity contribution in [2.24, 2.45) is 0 Å². The fourth-order valence-corrected chi connectivity index (χ4v) is 5.97. The lowest BCUT2D eigenvalue weighted by atomic mass is 9.93. The molecule has 0 amide bonds. The van der Waals surface area contributed by atoms with Crippen LogP contribution in [0.4, 0.5) is 0 Å².